The summed E-state index contributed by atoms with van der Waals surface area (Å²) < 4.78 is 5.37. The predicted octanol–water partition coefficient (Wildman–Crippen LogP) is 7.33. The fraction of sp³-hybridized carbons (Fsp3) is 0.333. The Balaban J connectivity index is 1.37. The molecule has 0 aromatic heterocycles. The summed E-state index contributed by atoms with van der Waals surface area (Å²) in [6.07, 6.45) is 7.00. The van der Waals surface area contributed by atoms with E-state index in [0.717, 1.165) is 48.5 Å². The Morgan fingerprint density at radius 2 is 1.38 bits per heavy atom. The highest BCUT2D eigenvalue weighted by Gasteiger charge is 2.33. The van der Waals surface area contributed by atoms with Crippen LogP contribution in [0.3, 0.4) is 0 Å². The van der Waals surface area contributed by atoms with E-state index < -0.39 is 5.92 Å². The van der Waals surface area contributed by atoms with E-state index >= 15 is 0 Å². The number of amides is 2. The maximum atomic E-state index is 14.5. The van der Waals surface area contributed by atoms with Gasteiger partial charge in [0.25, 0.3) is 0 Å². The zero-order valence-corrected chi connectivity index (χ0v) is 28.4. The van der Waals surface area contributed by atoms with Crippen molar-refractivity contribution in [2.45, 2.75) is 52.1 Å². The molecule has 1 aliphatic heterocycles. The highest BCUT2D eigenvalue weighted by atomic mass is 16.5. The number of unbranched alkanes of at least 4 members (excludes halogenated alkanes) is 2. The summed E-state index contributed by atoms with van der Waals surface area (Å²) in [4.78, 5) is 33.0. The van der Waals surface area contributed by atoms with Gasteiger partial charge in [0.1, 0.15) is 5.75 Å². The Hall–Kier alpha value is -4.68. The molecule has 250 valence electrons. The van der Waals surface area contributed by atoms with Gasteiger partial charge in [-0.1, -0.05) is 117 Å². The van der Waals surface area contributed by atoms with E-state index in [1.807, 2.05) is 71.6 Å². The van der Waals surface area contributed by atoms with Crippen LogP contribution in [0, 0.1) is 5.92 Å². The number of hydrogen-bond acceptors (Lipinski definition) is 4. The van der Waals surface area contributed by atoms with Crippen LogP contribution in [-0.4, -0.2) is 54.9 Å². The topological polar surface area (TPSA) is 61.9 Å². The summed E-state index contributed by atoms with van der Waals surface area (Å²) in [6, 6.07) is 36.6. The summed E-state index contributed by atoms with van der Waals surface area (Å²) in [5.41, 5.74) is 5.95. The van der Waals surface area contributed by atoms with Gasteiger partial charge in [-0.3, -0.25) is 14.5 Å². The Kier molecular flexibility index (Phi) is 13.0. The van der Waals surface area contributed by atoms with Crippen molar-refractivity contribution in [3.05, 3.63) is 143 Å². The average Bonchev–Trinajstić information content (AvgIpc) is 3.14. The van der Waals surface area contributed by atoms with Crippen LogP contribution in [0.25, 0.3) is 6.08 Å². The van der Waals surface area contributed by atoms with Crippen LogP contribution in [0.5, 0.6) is 5.75 Å². The summed E-state index contributed by atoms with van der Waals surface area (Å²) in [5.74, 6) is -0.142. The molecule has 0 aliphatic carbocycles. The van der Waals surface area contributed by atoms with Gasteiger partial charge in [0, 0.05) is 44.8 Å². The third kappa shape index (κ3) is 10.2. The number of carbonyl (C=O) groups excluding carboxylic acids is 2. The van der Waals surface area contributed by atoms with E-state index in [1.165, 1.54) is 30.4 Å². The van der Waals surface area contributed by atoms with Crippen molar-refractivity contribution in [1.29, 1.82) is 0 Å². The SMILES string of the molecule is CCCCCc1ccc(CNC(=O)C(=Cc2ccc(OC)cc2)[C@H](Cc2ccccc2)C(=O)N2CCN(Cc3ccccc3)CC2)cc1. The zero-order chi connectivity index (χ0) is 33.6. The number of carbonyl (C=O) groups is 2. The Morgan fingerprint density at radius 3 is 2.00 bits per heavy atom. The van der Waals surface area contributed by atoms with Gasteiger partial charge in [0.15, 0.2) is 0 Å². The van der Waals surface area contributed by atoms with Crippen molar-refractivity contribution >= 4 is 17.9 Å². The second-order valence-electron chi connectivity index (χ2n) is 12.7. The van der Waals surface area contributed by atoms with Crippen molar-refractivity contribution in [2.75, 3.05) is 33.3 Å². The number of ether oxygens (including phenoxy) is 1. The second-order valence-corrected chi connectivity index (χ2v) is 12.7. The molecule has 2 amide bonds. The summed E-state index contributed by atoms with van der Waals surface area (Å²) in [5, 5.41) is 3.16. The largest absolute Gasteiger partial charge is 0.497 e. The Morgan fingerprint density at radius 1 is 0.750 bits per heavy atom. The van der Waals surface area contributed by atoms with E-state index in [2.05, 4.69) is 65.7 Å². The molecule has 1 saturated heterocycles. The van der Waals surface area contributed by atoms with E-state index in [1.54, 1.807) is 7.11 Å². The lowest BCUT2D eigenvalue weighted by Crippen LogP contribution is -2.51. The smallest absolute Gasteiger partial charge is 0.248 e. The lowest BCUT2D eigenvalue weighted by Gasteiger charge is -2.37. The van der Waals surface area contributed by atoms with E-state index in [-0.39, 0.29) is 11.8 Å². The second kappa shape index (κ2) is 18.0. The first-order valence-electron chi connectivity index (χ1n) is 17.3. The number of benzene rings is 4. The predicted molar refractivity (Wildman–Crippen MR) is 194 cm³/mol. The number of hydrogen-bond donors (Lipinski definition) is 1. The normalized spacial score (nSPS) is 14.4. The Bertz CT molecular complexity index is 1590. The molecule has 4 aromatic rings. The van der Waals surface area contributed by atoms with Crippen LogP contribution in [0.1, 0.15) is 54.0 Å². The van der Waals surface area contributed by atoms with E-state index in [0.29, 0.717) is 31.6 Å². The minimum atomic E-state index is -0.642. The third-order valence-electron chi connectivity index (χ3n) is 9.13. The van der Waals surface area contributed by atoms with Crippen molar-refractivity contribution in [2.24, 2.45) is 5.92 Å². The molecule has 4 aromatic carbocycles. The van der Waals surface area contributed by atoms with Crippen molar-refractivity contribution in [3.8, 4) is 5.75 Å². The first kappa shape index (κ1) is 34.6. The number of nitrogens with zero attached hydrogens (tertiary/aromatic N) is 2. The summed E-state index contributed by atoms with van der Waals surface area (Å²) >= 11 is 0. The van der Waals surface area contributed by atoms with Crippen LogP contribution in [0.15, 0.2) is 115 Å². The van der Waals surface area contributed by atoms with Crippen LogP contribution < -0.4 is 10.1 Å². The molecular formula is C42H49N3O3. The molecule has 0 radical (unpaired) electrons. The van der Waals surface area contributed by atoms with Gasteiger partial charge < -0.3 is 15.0 Å². The van der Waals surface area contributed by atoms with Gasteiger partial charge >= 0.3 is 0 Å². The van der Waals surface area contributed by atoms with Crippen molar-refractivity contribution in [1.82, 2.24) is 15.1 Å². The highest BCUT2D eigenvalue weighted by molar-refractivity contribution is 6.04. The molecule has 1 atom stereocenters. The molecule has 6 nitrogen and oxygen atoms in total. The van der Waals surface area contributed by atoms with Gasteiger partial charge in [0.2, 0.25) is 11.8 Å². The molecule has 0 unspecified atom stereocenters. The minimum absolute atomic E-state index is 0.00967. The van der Waals surface area contributed by atoms with Gasteiger partial charge in [-0.15, -0.1) is 0 Å². The minimum Gasteiger partial charge on any atom is -0.497 e. The van der Waals surface area contributed by atoms with Crippen LogP contribution >= 0.6 is 0 Å². The van der Waals surface area contributed by atoms with Gasteiger partial charge in [-0.2, -0.15) is 0 Å². The first-order valence-corrected chi connectivity index (χ1v) is 17.3. The quantitative estimate of drug-likeness (QED) is 0.109. The lowest BCUT2D eigenvalue weighted by molar-refractivity contribution is -0.137. The summed E-state index contributed by atoms with van der Waals surface area (Å²) in [7, 11) is 1.63. The van der Waals surface area contributed by atoms with Crippen LogP contribution in [0.4, 0.5) is 0 Å². The molecule has 0 saturated carbocycles. The standard InChI is InChI=1S/C42H49N3O3/c1-3-4-7-12-33-17-19-36(20-18-33)31-43-41(46)39(29-35-21-23-38(48-2)24-22-35)40(30-34-13-8-5-9-14-34)42(47)45-27-25-44(26-28-45)32-37-15-10-6-11-16-37/h5-6,8-11,13-24,29,40H,3-4,7,12,25-28,30-32H2,1-2H3,(H,43,46)/t40-/m0/s1. The Labute approximate surface area is 286 Å². The number of methoxy groups -OCH3 is 1. The first-order chi connectivity index (χ1) is 23.5. The maximum absolute atomic E-state index is 14.5. The number of piperazine rings is 1. The number of aryl methyl sites for hydroxylation is 1. The van der Waals surface area contributed by atoms with Gasteiger partial charge in [0.05, 0.1) is 13.0 Å². The van der Waals surface area contributed by atoms with Crippen molar-refractivity contribution < 1.29 is 14.3 Å². The molecule has 5 rings (SSSR count). The molecule has 1 heterocycles. The summed E-state index contributed by atoms with van der Waals surface area (Å²) in [6.45, 7) is 6.29. The number of rotatable bonds is 15. The third-order valence-corrected chi connectivity index (χ3v) is 9.13. The zero-order valence-electron chi connectivity index (χ0n) is 28.4. The number of nitrogens with one attached hydrogen (secondary N) is 1. The molecule has 6 heteroatoms. The molecule has 1 N–H and O–H groups in total. The molecule has 0 spiro atoms. The monoisotopic (exact) mass is 643 g/mol. The van der Waals surface area contributed by atoms with E-state index in [4.69, 9.17) is 4.74 Å². The van der Waals surface area contributed by atoms with Gasteiger partial charge in [-0.25, -0.2) is 0 Å². The molecule has 0 bridgehead atoms. The molecular weight excluding hydrogens is 594 g/mol. The average molecular weight is 644 g/mol. The van der Waals surface area contributed by atoms with Crippen molar-refractivity contribution in [3.63, 3.8) is 0 Å². The molecule has 1 aliphatic rings. The van der Waals surface area contributed by atoms with Gasteiger partial charge in [-0.05, 0) is 65.3 Å². The lowest BCUT2D eigenvalue weighted by atomic mass is 9.88. The fourth-order valence-electron chi connectivity index (χ4n) is 6.26. The fourth-order valence-corrected chi connectivity index (χ4v) is 6.26. The maximum Gasteiger partial charge on any atom is 0.248 e. The van der Waals surface area contributed by atoms with Crippen LogP contribution in [0.2, 0.25) is 0 Å². The van der Waals surface area contributed by atoms with Crippen LogP contribution in [-0.2, 0) is 35.5 Å². The highest BCUT2D eigenvalue weighted by Crippen LogP contribution is 2.25. The molecule has 1 fully saturated rings. The van der Waals surface area contributed by atoms with E-state index in [9.17, 15) is 9.59 Å². The molecule has 48 heavy (non-hydrogen) atoms.